The number of aromatic nitrogens is 1. The molecular formula is C23H23FN4O2. The summed E-state index contributed by atoms with van der Waals surface area (Å²) in [5.41, 5.74) is 4.97. The van der Waals surface area contributed by atoms with E-state index < -0.39 is 0 Å². The average Bonchev–Trinajstić information content (AvgIpc) is 3.28. The summed E-state index contributed by atoms with van der Waals surface area (Å²) in [5.74, 6) is 0.225. The van der Waals surface area contributed by atoms with Crippen molar-refractivity contribution in [1.29, 1.82) is 0 Å². The lowest BCUT2D eigenvalue weighted by atomic mass is 9.89. The number of para-hydroxylation sites is 1. The molecule has 7 heteroatoms. The van der Waals surface area contributed by atoms with Crippen molar-refractivity contribution in [3.63, 3.8) is 0 Å². The molecule has 6 nitrogen and oxygen atoms in total. The Kier molecular flexibility index (Phi) is 4.06. The third-order valence-corrected chi connectivity index (χ3v) is 6.80. The number of amides is 1. The van der Waals surface area contributed by atoms with Gasteiger partial charge in [0.2, 0.25) is 5.91 Å². The first-order chi connectivity index (χ1) is 14.7. The lowest BCUT2D eigenvalue weighted by molar-refractivity contribution is -0.115. The van der Waals surface area contributed by atoms with Gasteiger partial charge in [-0.15, -0.1) is 0 Å². The van der Waals surface area contributed by atoms with Gasteiger partial charge >= 0.3 is 0 Å². The van der Waals surface area contributed by atoms with Crippen LogP contribution in [-0.2, 0) is 11.2 Å². The van der Waals surface area contributed by atoms with Gasteiger partial charge in [-0.05, 0) is 49.6 Å². The van der Waals surface area contributed by atoms with Gasteiger partial charge in [0, 0.05) is 36.5 Å². The first kappa shape index (κ1) is 17.9. The van der Waals surface area contributed by atoms with E-state index in [4.69, 9.17) is 4.52 Å². The third kappa shape index (κ3) is 2.80. The lowest BCUT2D eigenvalue weighted by Crippen LogP contribution is -2.49. The van der Waals surface area contributed by atoms with Crippen molar-refractivity contribution in [2.75, 3.05) is 36.4 Å². The Hall–Kier alpha value is -2.93. The number of aryl methyl sites for hydroxylation is 1. The number of rotatable bonds is 4. The maximum absolute atomic E-state index is 13.3. The second-order valence-corrected chi connectivity index (χ2v) is 8.56. The monoisotopic (exact) mass is 406 g/mol. The van der Waals surface area contributed by atoms with Crippen LogP contribution in [0, 0.1) is 5.82 Å². The Morgan fingerprint density at radius 3 is 3.13 bits per heavy atom. The fourth-order valence-corrected chi connectivity index (χ4v) is 5.49. The summed E-state index contributed by atoms with van der Waals surface area (Å²) >= 11 is 0. The van der Waals surface area contributed by atoms with Crippen molar-refractivity contribution >= 4 is 28.3 Å². The number of carbonyl (C=O) groups excluding carboxylic acids is 1. The largest absolute Gasteiger partial charge is 0.357 e. The second kappa shape index (κ2) is 6.80. The van der Waals surface area contributed by atoms with Crippen LogP contribution < -0.4 is 10.2 Å². The zero-order chi connectivity index (χ0) is 20.2. The van der Waals surface area contributed by atoms with Crippen LogP contribution in [-0.4, -0.2) is 48.2 Å². The van der Waals surface area contributed by atoms with Crippen molar-refractivity contribution in [3.8, 4) is 0 Å². The van der Waals surface area contributed by atoms with Gasteiger partial charge in [0.05, 0.1) is 23.6 Å². The summed E-state index contributed by atoms with van der Waals surface area (Å²) in [6, 6.07) is 11.3. The number of nitrogens with zero attached hydrogens (tertiary/aromatic N) is 3. The molecule has 0 spiro atoms. The van der Waals surface area contributed by atoms with Gasteiger partial charge in [0.15, 0.2) is 5.58 Å². The first-order valence-electron chi connectivity index (χ1n) is 10.6. The predicted octanol–water partition coefficient (Wildman–Crippen LogP) is 3.53. The molecule has 1 unspecified atom stereocenters. The van der Waals surface area contributed by atoms with E-state index in [0.717, 1.165) is 55.7 Å². The highest BCUT2D eigenvalue weighted by Gasteiger charge is 2.45. The van der Waals surface area contributed by atoms with E-state index >= 15 is 0 Å². The fourth-order valence-electron chi connectivity index (χ4n) is 5.49. The molecule has 0 saturated carbocycles. The molecule has 6 rings (SSSR count). The quantitative estimate of drug-likeness (QED) is 0.718. The van der Waals surface area contributed by atoms with E-state index in [2.05, 4.69) is 32.4 Å². The molecule has 0 bridgehead atoms. The van der Waals surface area contributed by atoms with E-state index in [1.165, 1.54) is 23.4 Å². The van der Waals surface area contributed by atoms with Gasteiger partial charge in [-0.3, -0.25) is 4.79 Å². The number of carbonyl (C=O) groups is 1. The number of benzene rings is 2. The standard InChI is InChI=1S/C23H23FN4O2/c24-14-6-7-16-18(26-30-21(16)11-14)5-2-9-27-10-8-20-17(12-27)15-3-1-4-19-23(15)28(20)13-22(29)25-19/h1,3-4,6-7,11,17,20H,2,5,8-10,12-13H2,(H,25,29)/t17?,20-/m0/s1. The van der Waals surface area contributed by atoms with Crippen LogP contribution in [0.25, 0.3) is 11.0 Å². The van der Waals surface area contributed by atoms with Crippen LogP contribution in [0.1, 0.15) is 30.0 Å². The number of hydrogen-bond acceptors (Lipinski definition) is 5. The van der Waals surface area contributed by atoms with Crippen molar-refractivity contribution in [2.45, 2.75) is 31.2 Å². The number of nitrogens with one attached hydrogen (secondary N) is 1. The summed E-state index contributed by atoms with van der Waals surface area (Å²) in [4.78, 5) is 17.0. The Labute approximate surface area is 173 Å². The SMILES string of the molecule is O=C1CN2c3c(cccc3C3CN(CCCc4noc5cc(F)ccc45)CC[C@@H]32)N1. The minimum absolute atomic E-state index is 0.0856. The molecule has 2 aromatic carbocycles. The lowest BCUT2D eigenvalue weighted by Gasteiger charge is -2.39. The smallest absolute Gasteiger partial charge is 0.243 e. The van der Waals surface area contributed by atoms with Crippen LogP contribution in [0.3, 0.4) is 0 Å². The summed E-state index contributed by atoms with van der Waals surface area (Å²) < 4.78 is 18.6. The van der Waals surface area contributed by atoms with Crippen LogP contribution >= 0.6 is 0 Å². The van der Waals surface area contributed by atoms with Crippen molar-refractivity contribution in [3.05, 3.63) is 53.5 Å². The van der Waals surface area contributed by atoms with E-state index in [9.17, 15) is 9.18 Å². The predicted molar refractivity (Wildman–Crippen MR) is 112 cm³/mol. The normalized spacial score (nSPS) is 22.8. The summed E-state index contributed by atoms with van der Waals surface area (Å²) in [6.07, 6.45) is 2.86. The Morgan fingerprint density at radius 2 is 2.20 bits per heavy atom. The molecule has 0 radical (unpaired) electrons. The molecule has 1 amide bonds. The van der Waals surface area contributed by atoms with E-state index in [0.29, 0.717) is 24.1 Å². The van der Waals surface area contributed by atoms with Gasteiger partial charge in [0.25, 0.3) is 0 Å². The van der Waals surface area contributed by atoms with Gasteiger partial charge in [0.1, 0.15) is 5.82 Å². The van der Waals surface area contributed by atoms with Crippen molar-refractivity contribution < 1.29 is 13.7 Å². The number of halogens is 1. The number of anilines is 2. The molecule has 3 aromatic rings. The van der Waals surface area contributed by atoms with Gasteiger partial charge < -0.3 is 19.6 Å². The maximum atomic E-state index is 13.3. The van der Waals surface area contributed by atoms with E-state index in [1.54, 1.807) is 6.07 Å². The Balaban J connectivity index is 1.14. The maximum Gasteiger partial charge on any atom is 0.243 e. The Morgan fingerprint density at radius 1 is 1.27 bits per heavy atom. The van der Waals surface area contributed by atoms with Crippen molar-refractivity contribution in [1.82, 2.24) is 10.1 Å². The molecule has 1 N–H and O–H groups in total. The van der Waals surface area contributed by atoms with Crippen LogP contribution in [0.2, 0.25) is 0 Å². The molecule has 1 fully saturated rings. The number of piperidine rings is 1. The molecule has 4 heterocycles. The van der Waals surface area contributed by atoms with Crippen LogP contribution in [0.5, 0.6) is 0 Å². The van der Waals surface area contributed by atoms with Gasteiger partial charge in [-0.2, -0.15) is 0 Å². The highest BCUT2D eigenvalue weighted by molar-refractivity contribution is 6.03. The molecule has 1 saturated heterocycles. The van der Waals surface area contributed by atoms with E-state index in [1.807, 2.05) is 6.07 Å². The van der Waals surface area contributed by atoms with Gasteiger partial charge in [-0.25, -0.2) is 4.39 Å². The average molecular weight is 406 g/mol. The molecule has 2 atom stereocenters. The molecule has 1 aromatic heterocycles. The van der Waals surface area contributed by atoms with E-state index in [-0.39, 0.29) is 11.7 Å². The van der Waals surface area contributed by atoms with Gasteiger partial charge in [-0.1, -0.05) is 17.3 Å². The molecule has 3 aliphatic rings. The van der Waals surface area contributed by atoms with Crippen LogP contribution in [0.4, 0.5) is 15.8 Å². The fraction of sp³-hybridized carbons (Fsp3) is 0.391. The minimum Gasteiger partial charge on any atom is -0.357 e. The first-order valence-corrected chi connectivity index (χ1v) is 10.6. The van der Waals surface area contributed by atoms with Crippen molar-refractivity contribution in [2.24, 2.45) is 0 Å². The minimum atomic E-state index is -0.303. The Bertz CT molecular complexity index is 1140. The summed E-state index contributed by atoms with van der Waals surface area (Å²) in [7, 11) is 0. The third-order valence-electron chi connectivity index (χ3n) is 6.80. The zero-order valence-electron chi connectivity index (χ0n) is 16.6. The molecular weight excluding hydrogens is 383 g/mol. The topological polar surface area (TPSA) is 61.6 Å². The highest BCUT2D eigenvalue weighted by atomic mass is 19.1. The molecule has 3 aliphatic heterocycles. The zero-order valence-corrected chi connectivity index (χ0v) is 16.6. The summed E-state index contributed by atoms with van der Waals surface area (Å²) in [5, 5.41) is 8.07. The molecule has 30 heavy (non-hydrogen) atoms. The highest BCUT2D eigenvalue weighted by Crippen LogP contribution is 2.49. The van der Waals surface area contributed by atoms with Crippen LogP contribution in [0.15, 0.2) is 40.9 Å². The number of likely N-dealkylation sites (tertiary alicyclic amines) is 1. The second-order valence-electron chi connectivity index (χ2n) is 8.56. The molecule has 154 valence electrons. The number of hydrogen-bond donors (Lipinski definition) is 1. The number of fused-ring (bicyclic) bond motifs is 4. The molecule has 0 aliphatic carbocycles. The summed E-state index contributed by atoms with van der Waals surface area (Å²) in [6.45, 7) is 3.50.